The number of pyridine rings is 1. The van der Waals surface area contributed by atoms with Crippen LogP contribution in [0.5, 0.6) is 0 Å². The van der Waals surface area contributed by atoms with Crippen LogP contribution in [0, 0.1) is 5.92 Å². The van der Waals surface area contributed by atoms with E-state index < -0.39 is 0 Å². The average Bonchev–Trinajstić information content (AvgIpc) is 3.28. The van der Waals surface area contributed by atoms with Crippen molar-refractivity contribution in [1.82, 2.24) is 9.88 Å². The van der Waals surface area contributed by atoms with Crippen molar-refractivity contribution in [1.29, 1.82) is 0 Å². The Kier molecular flexibility index (Phi) is 6.31. The molecule has 1 aromatic heterocycles. The minimum absolute atomic E-state index is 0.0462. The molecule has 7 heteroatoms. The van der Waals surface area contributed by atoms with E-state index in [0.29, 0.717) is 5.92 Å². The summed E-state index contributed by atoms with van der Waals surface area (Å²) in [5.74, 6) is 0.0462. The van der Waals surface area contributed by atoms with Crippen molar-refractivity contribution < 1.29 is 9.90 Å². The number of aromatic nitrogens is 1. The van der Waals surface area contributed by atoms with Crippen LogP contribution in [0.15, 0.2) is 67.0 Å². The Morgan fingerprint density at radius 1 is 1.15 bits per heavy atom. The quantitative estimate of drug-likeness (QED) is 0.477. The number of nitrogens with zero attached hydrogens (tertiary/aromatic N) is 2. The molecule has 3 atom stereocenters. The molecule has 6 nitrogen and oxygen atoms in total. The van der Waals surface area contributed by atoms with Gasteiger partial charge in [0.15, 0.2) is 0 Å². The number of nitrogens with one attached hydrogen (secondary N) is 2. The van der Waals surface area contributed by atoms with Crippen molar-refractivity contribution in [2.75, 3.05) is 29.7 Å². The van der Waals surface area contributed by atoms with Crippen LogP contribution < -0.4 is 10.6 Å². The highest BCUT2D eigenvalue weighted by Gasteiger charge is 2.43. The number of fused-ring (bicyclic) bond motifs is 3. The van der Waals surface area contributed by atoms with Gasteiger partial charge in [0.1, 0.15) is 5.88 Å². The van der Waals surface area contributed by atoms with Gasteiger partial charge in [-0.05, 0) is 71.6 Å². The van der Waals surface area contributed by atoms with Crippen molar-refractivity contribution in [2.45, 2.75) is 25.0 Å². The third kappa shape index (κ3) is 4.47. The number of rotatable bonds is 6. The highest BCUT2D eigenvalue weighted by atomic mass is 35.5. The number of benzene rings is 2. The number of carbonyl (C=O) groups excluding carboxylic acids is 1. The first kappa shape index (κ1) is 21.9. The number of hydrogen-bond donors (Lipinski definition) is 3. The number of aliphatic hydroxyl groups excluding tert-OH is 1. The van der Waals surface area contributed by atoms with E-state index in [1.807, 2.05) is 36.7 Å². The normalized spacial score (nSPS) is 21.7. The molecule has 0 radical (unpaired) electrons. The summed E-state index contributed by atoms with van der Waals surface area (Å²) < 4.78 is 0. The molecule has 1 fully saturated rings. The molecule has 1 saturated heterocycles. The van der Waals surface area contributed by atoms with E-state index in [2.05, 4.69) is 50.8 Å². The Labute approximate surface area is 198 Å². The number of aliphatic hydroxyl groups is 1. The highest BCUT2D eigenvalue weighted by molar-refractivity contribution is 6.29. The van der Waals surface area contributed by atoms with Gasteiger partial charge in [0.25, 0.3) is 0 Å². The standard InChI is InChI=1S/C26H27ClN4O2/c27-14-25(33)29-20-3-1-2-18(12-20)19-4-5-23-22(13-19)26-21(24(16-32)30-23)8-11-31(26)15-17-6-9-28-10-7-17/h1-7,9-10,12-13,21,24,26,30,32H,8,11,14-16H2,(H,29,33)/t21-,24?,26-/m1/s1. The van der Waals surface area contributed by atoms with Crippen molar-refractivity contribution >= 4 is 28.9 Å². The van der Waals surface area contributed by atoms with Crippen LogP contribution >= 0.6 is 11.6 Å². The van der Waals surface area contributed by atoms with Crippen LogP contribution in [-0.2, 0) is 11.3 Å². The molecule has 3 aromatic rings. The Morgan fingerprint density at radius 2 is 1.97 bits per heavy atom. The minimum Gasteiger partial charge on any atom is -0.394 e. The second kappa shape index (κ2) is 9.51. The maximum Gasteiger partial charge on any atom is 0.239 e. The Morgan fingerprint density at radius 3 is 2.76 bits per heavy atom. The summed E-state index contributed by atoms with van der Waals surface area (Å²) in [5, 5.41) is 16.5. The summed E-state index contributed by atoms with van der Waals surface area (Å²) in [6.07, 6.45) is 4.71. The molecule has 0 bridgehead atoms. The fraction of sp³-hybridized carbons (Fsp3) is 0.308. The van der Waals surface area contributed by atoms with E-state index in [0.717, 1.165) is 42.0 Å². The highest BCUT2D eigenvalue weighted by Crippen LogP contribution is 2.47. The second-order valence-corrected chi connectivity index (χ2v) is 8.99. The van der Waals surface area contributed by atoms with E-state index in [-0.39, 0.29) is 30.5 Å². The number of hydrogen-bond acceptors (Lipinski definition) is 5. The van der Waals surface area contributed by atoms with Gasteiger partial charge in [-0.3, -0.25) is 14.7 Å². The van der Waals surface area contributed by atoms with Crippen molar-refractivity contribution in [3.63, 3.8) is 0 Å². The van der Waals surface area contributed by atoms with E-state index in [1.165, 1.54) is 11.1 Å². The van der Waals surface area contributed by atoms with E-state index in [4.69, 9.17) is 11.6 Å². The van der Waals surface area contributed by atoms with Gasteiger partial charge in [-0.2, -0.15) is 0 Å². The third-order valence-corrected chi connectivity index (χ3v) is 6.95. The number of carbonyl (C=O) groups is 1. The molecule has 0 aliphatic carbocycles. The van der Waals surface area contributed by atoms with Crippen LogP contribution in [0.2, 0.25) is 0 Å². The average molecular weight is 463 g/mol. The predicted octanol–water partition coefficient (Wildman–Crippen LogP) is 4.28. The van der Waals surface area contributed by atoms with Gasteiger partial charge in [-0.15, -0.1) is 11.6 Å². The van der Waals surface area contributed by atoms with Crippen molar-refractivity contribution in [2.24, 2.45) is 5.92 Å². The first-order valence-electron chi connectivity index (χ1n) is 11.3. The number of likely N-dealkylation sites (tertiary alicyclic amines) is 1. The zero-order valence-electron chi connectivity index (χ0n) is 18.2. The Balaban J connectivity index is 1.49. The lowest BCUT2D eigenvalue weighted by molar-refractivity contribution is -0.113. The van der Waals surface area contributed by atoms with E-state index in [9.17, 15) is 9.90 Å². The summed E-state index contributed by atoms with van der Waals surface area (Å²) in [6.45, 7) is 1.96. The van der Waals surface area contributed by atoms with Crippen LogP contribution in [0.4, 0.5) is 11.4 Å². The zero-order valence-corrected chi connectivity index (χ0v) is 19.0. The molecular formula is C26H27ClN4O2. The smallest absolute Gasteiger partial charge is 0.239 e. The minimum atomic E-state index is -0.223. The molecule has 2 aliphatic rings. The lowest BCUT2D eigenvalue weighted by Crippen LogP contribution is -2.41. The maximum atomic E-state index is 11.7. The van der Waals surface area contributed by atoms with Crippen LogP contribution in [-0.4, -0.2) is 46.0 Å². The molecule has 1 amide bonds. The first-order chi connectivity index (χ1) is 16.2. The molecule has 33 heavy (non-hydrogen) atoms. The first-order valence-corrected chi connectivity index (χ1v) is 11.8. The fourth-order valence-corrected chi connectivity index (χ4v) is 5.28. The lowest BCUT2D eigenvalue weighted by Gasteiger charge is -2.39. The van der Waals surface area contributed by atoms with Gasteiger partial charge in [0.05, 0.1) is 12.6 Å². The van der Waals surface area contributed by atoms with E-state index >= 15 is 0 Å². The lowest BCUT2D eigenvalue weighted by atomic mass is 9.82. The summed E-state index contributed by atoms with van der Waals surface area (Å²) in [4.78, 5) is 18.4. The third-order valence-electron chi connectivity index (χ3n) is 6.71. The Hall–Kier alpha value is -2.93. The molecule has 3 N–H and O–H groups in total. The molecule has 0 saturated carbocycles. The van der Waals surface area contributed by atoms with Crippen molar-refractivity contribution in [3.05, 3.63) is 78.1 Å². The second-order valence-electron chi connectivity index (χ2n) is 8.72. The van der Waals surface area contributed by atoms with Gasteiger partial charge in [-0.25, -0.2) is 0 Å². The number of halogens is 1. The van der Waals surface area contributed by atoms with Gasteiger partial charge in [-0.1, -0.05) is 18.2 Å². The SMILES string of the molecule is O=C(CCl)Nc1cccc(-c2ccc3c(c2)[C@H]2[C@H](CCN2Cc2ccncc2)C(CO)N3)c1. The maximum absolute atomic E-state index is 11.7. The molecule has 0 spiro atoms. The van der Waals surface area contributed by atoms with Gasteiger partial charge in [0, 0.05) is 42.3 Å². The molecule has 1 unspecified atom stereocenters. The van der Waals surface area contributed by atoms with Crippen molar-refractivity contribution in [3.8, 4) is 11.1 Å². The Bertz CT molecular complexity index is 1140. The molecule has 5 rings (SSSR count). The zero-order chi connectivity index (χ0) is 22.8. The molecule has 2 aliphatic heterocycles. The number of amides is 1. The van der Waals surface area contributed by atoms with Crippen LogP contribution in [0.3, 0.4) is 0 Å². The van der Waals surface area contributed by atoms with Gasteiger partial charge >= 0.3 is 0 Å². The summed E-state index contributed by atoms with van der Waals surface area (Å²) in [7, 11) is 0. The molecular weight excluding hydrogens is 436 g/mol. The summed E-state index contributed by atoms with van der Waals surface area (Å²) in [5.41, 5.74) is 6.42. The topological polar surface area (TPSA) is 77.5 Å². The summed E-state index contributed by atoms with van der Waals surface area (Å²) >= 11 is 5.64. The largest absolute Gasteiger partial charge is 0.394 e. The predicted molar refractivity (Wildman–Crippen MR) is 131 cm³/mol. The number of anilines is 2. The summed E-state index contributed by atoms with van der Waals surface area (Å²) in [6, 6.07) is 18.7. The molecule has 2 aromatic carbocycles. The van der Waals surface area contributed by atoms with E-state index in [1.54, 1.807) is 0 Å². The van der Waals surface area contributed by atoms with Crippen LogP contribution in [0.25, 0.3) is 11.1 Å². The monoisotopic (exact) mass is 462 g/mol. The molecule has 170 valence electrons. The number of alkyl halides is 1. The van der Waals surface area contributed by atoms with Crippen LogP contribution in [0.1, 0.15) is 23.6 Å². The fourth-order valence-electron chi connectivity index (χ4n) is 5.21. The van der Waals surface area contributed by atoms with Gasteiger partial charge in [0.2, 0.25) is 5.91 Å². The molecule has 3 heterocycles. The van der Waals surface area contributed by atoms with Gasteiger partial charge < -0.3 is 15.7 Å².